The van der Waals surface area contributed by atoms with Gasteiger partial charge >= 0.3 is 0 Å². The Balaban J connectivity index is 1.85. The van der Waals surface area contributed by atoms with Crippen molar-refractivity contribution in [2.45, 2.75) is 18.9 Å². The summed E-state index contributed by atoms with van der Waals surface area (Å²) in [5, 5.41) is 0. The number of likely N-dealkylation sites (tertiary alicyclic amines) is 1. The molecule has 0 N–H and O–H groups in total. The molecule has 5 nitrogen and oxygen atoms in total. The number of nitrogens with zero attached hydrogens (tertiary/aromatic N) is 2. The number of carbonyl (C=O) groups is 1. The lowest BCUT2D eigenvalue weighted by atomic mass is 9.83. The molecule has 0 saturated carbocycles. The summed E-state index contributed by atoms with van der Waals surface area (Å²) in [7, 11) is 0. The number of hydrogen-bond donors (Lipinski definition) is 0. The van der Waals surface area contributed by atoms with E-state index < -0.39 is 0 Å². The zero-order chi connectivity index (χ0) is 12.5. The van der Waals surface area contributed by atoms with Crippen LogP contribution in [-0.2, 0) is 16.1 Å². The molecule has 0 amide bonds. The molecule has 2 atom stereocenters. The van der Waals surface area contributed by atoms with E-state index in [0.717, 1.165) is 31.7 Å². The van der Waals surface area contributed by atoms with Crippen LogP contribution in [0.15, 0.2) is 23.0 Å². The van der Waals surface area contributed by atoms with Crippen LogP contribution in [0.5, 0.6) is 0 Å². The third-order valence-corrected chi connectivity index (χ3v) is 3.88. The molecule has 1 aromatic rings. The van der Waals surface area contributed by atoms with Gasteiger partial charge in [0.25, 0.3) is 12.0 Å². The highest BCUT2D eigenvalue weighted by Gasteiger charge is 2.34. The maximum atomic E-state index is 11.8. The van der Waals surface area contributed by atoms with E-state index in [0.29, 0.717) is 25.0 Å². The van der Waals surface area contributed by atoms with E-state index in [1.807, 2.05) is 16.7 Å². The number of fused-ring (bicyclic) bond motifs is 4. The van der Waals surface area contributed by atoms with Crippen LogP contribution in [0.3, 0.4) is 0 Å². The van der Waals surface area contributed by atoms with Crippen molar-refractivity contribution in [2.24, 2.45) is 5.92 Å². The van der Waals surface area contributed by atoms with E-state index >= 15 is 0 Å². The predicted octanol–water partition coefficient (Wildman–Crippen LogP) is 0.398. The topological polar surface area (TPSA) is 51.5 Å². The fraction of sp³-hybridized carbons (Fsp3) is 0.538. The average molecular weight is 248 g/mol. The molecule has 18 heavy (non-hydrogen) atoms. The molecule has 3 rings (SSSR count). The summed E-state index contributed by atoms with van der Waals surface area (Å²) in [6.45, 7) is 3.37. The van der Waals surface area contributed by atoms with Gasteiger partial charge in [-0.25, -0.2) is 0 Å². The van der Waals surface area contributed by atoms with E-state index in [9.17, 15) is 9.59 Å². The summed E-state index contributed by atoms with van der Waals surface area (Å²) in [5.74, 6) is 0.855. The first-order valence-electron chi connectivity index (χ1n) is 6.25. The fourth-order valence-corrected chi connectivity index (χ4v) is 3.24. The van der Waals surface area contributed by atoms with Crippen LogP contribution in [0.1, 0.15) is 18.0 Å². The van der Waals surface area contributed by atoms with Gasteiger partial charge < -0.3 is 9.30 Å². The fourth-order valence-electron chi connectivity index (χ4n) is 3.24. The minimum Gasteiger partial charge on any atom is -0.452 e. The van der Waals surface area contributed by atoms with Gasteiger partial charge in [-0.05, 0) is 18.4 Å². The largest absolute Gasteiger partial charge is 0.452 e. The Hall–Kier alpha value is -1.62. The zero-order valence-electron chi connectivity index (χ0n) is 10.1. The molecule has 1 saturated heterocycles. The molecule has 2 aliphatic rings. The van der Waals surface area contributed by atoms with Gasteiger partial charge in [0.05, 0.1) is 0 Å². The van der Waals surface area contributed by atoms with Gasteiger partial charge in [-0.1, -0.05) is 6.07 Å². The number of aromatic nitrogens is 1. The molecule has 2 bridgehead atoms. The average Bonchev–Trinajstić information content (AvgIpc) is 2.38. The Morgan fingerprint density at radius 1 is 1.33 bits per heavy atom. The van der Waals surface area contributed by atoms with Crippen LogP contribution in [0.4, 0.5) is 0 Å². The molecule has 0 spiro atoms. The van der Waals surface area contributed by atoms with Crippen LogP contribution in [0.25, 0.3) is 0 Å². The van der Waals surface area contributed by atoms with Crippen molar-refractivity contribution in [1.29, 1.82) is 0 Å². The standard InChI is InChI=1S/C13H16N2O3/c16-9-18-8-14-5-10-4-11(7-14)12-2-1-3-13(17)15(12)6-10/h1-3,9-11H,4-8H2/t10-,11+/m1/s1. The van der Waals surface area contributed by atoms with Gasteiger partial charge in [-0.15, -0.1) is 0 Å². The Kier molecular flexibility index (Phi) is 2.91. The first-order chi connectivity index (χ1) is 8.78. The number of pyridine rings is 1. The van der Waals surface area contributed by atoms with Crippen molar-refractivity contribution < 1.29 is 9.53 Å². The Morgan fingerprint density at radius 2 is 2.22 bits per heavy atom. The summed E-state index contributed by atoms with van der Waals surface area (Å²) in [5.41, 5.74) is 1.22. The molecule has 1 fully saturated rings. The Bertz CT molecular complexity index is 511. The monoisotopic (exact) mass is 248 g/mol. The number of rotatable bonds is 3. The third kappa shape index (κ3) is 1.95. The number of piperidine rings is 1. The van der Waals surface area contributed by atoms with Gasteiger partial charge in [-0.3, -0.25) is 14.5 Å². The van der Waals surface area contributed by atoms with Gasteiger partial charge in [0, 0.05) is 37.3 Å². The molecular formula is C13H16N2O3. The van der Waals surface area contributed by atoms with Gasteiger partial charge in [0.1, 0.15) is 6.73 Å². The maximum Gasteiger partial charge on any atom is 0.294 e. The second kappa shape index (κ2) is 4.57. The first kappa shape index (κ1) is 11.5. The van der Waals surface area contributed by atoms with Crippen LogP contribution in [0.2, 0.25) is 0 Å². The molecule has 2 aliphatic heterocycles. The zero-order valence-corrected chi connectivity index (χ0v) is 10.1. The van der Waals surface area contributed by atoms with Crippen LogP contribution in [0, 0.1) is 5.92 Å². The lowest BCUT2D eigenvalue weighted by molar-refractivity contribution is -0.134. The van der Waals surface area contributed by atoms with Crippen molar-refractivity contribution >= 4 is 6.47 Å². The Labute approximate surface area is 105 Å². The molecule has 5 heteroatoms. The summed E-state index contributed by atoms with van der Waals surface area (Å²) in [6.07, 6.45) is 1.13. The van der Waals surface area contributed by atoms with Crippen molar-refractivity contribution in [2.75, 3.05) is 19.8 Å². The van der Waals surface area contributed by atoms with E-state index in [1.54, 1.807) is 6.07 Å². The van der Waals surface area contributed by atoms with Crippen LogP contribution < -0.4 is 5.56 Å². The van der Waals surface area contributed by atoms with Crippen molar-refractivity contribution in [3.8, 4) is 0 Å². The smallest absolute Gasteiger partial charge is 0.294 e. The molecule has 0 unspecified atom stereocenters. The number of carbonyl (C=O) groups excluding carboxylic acids is 1. The highest BCUT2D eigenvalue weighted by atomic mass is 16.5. The molecule has 0 radical (unpaired) electrons. The second-order valence-electron chi connectivity index (χ2n) is 5.13. The summed E-state index contributed by atoms with van der Waals surface area (Å²) >= 11 is 0. The van der Waals surface area contributed by atoms with E-state index in [4.69, 9.17) is 4.74 Å². The highest BCUT2D eigenvalue weighted by Crippen LogP contribution is 2.34. The van der Waals surface area contributed by atoms with Gasteiger partial charge in [-0.2, -0.15) is 0 Å². The predicted molar refractivity (Wildman–Crippen MR) is 65.1 cm³/mol. The summed E-state index contributed by atoms with van der Waals surface area (Å²) in [4.78, 5) is 24.2. The molecule has 0 aliphatic carbocycles. The SMILES string of the molecule is O=COCN1C[C@H]2C[C@@H](C1)c1cccc(=O)n1C2. The summed E-state index contributed by atoms with van der Waals surface area (Å²) in [6, 6.07) is 5.49. The van der Waals surface area contributed by atoms with Crippen molar-refractivity contribution in [3.63, 3.8) is 0 Å². The molecule has 0 aromatic carbocycles. The lowest BCUT2D eigenvalue weighted by Gasteiger charge is -2.42. The van der Waals surface area contributed by atoms with Crippen LogP contribution >= 0.6 is 0 Å². The van der Waals surface area contributed by atoms with Crippen LogP contribution in [-0.4, -0.2) is 35.8 Å². The second-order valence-corrected chi connectivity index (χ2v) is 5.13. The van der Waals surface area contributed by atoms with Crippen molar-refractivity contribution in [1.82, 2.24) is 9.47 Å². The van der Waals surface area contributed by atoms with Gasteiger partial charge in [0.2, 0.25) is 0 Å². The number of ether oxygens (including phenoxy) is 1. The summed E-state index contributed by atoms with van der Waals surface area (Å²) < 4.78 is 6.73. The van der Waals surface area contributed by atoms with E-state index in [-0.39, 0.29) is 5.56 Å². The molecular weight excluding hydrogens is 232 g/mol. The Morgan fingerprint density at radius 3 is 3.06 bits per heavy atom. The van der Waals surface area contributed by atoms with E-state index in [2.05, 4.69) is 4.90 Å². The minimum absolute atomic E-state index is 0.0970. The quantitative estimate of drug-likeness (QED) is 0.726. The third-order valence-electron chi connectivity index (χ3n) is 3.88. The molecule has 1 aromatic heterocycles. The molecule has 3 heterocycles. The van der Waals surface area contributed by atoms with Crippen molar-refractivity contribution in [3.05, 3.63) is 34.2 Å². The maximum absolute atomic E-state index is 11.8. The minimum atomic E-state index is 0.0970. The normalized spacial score (nSPS) is 26.4. The number of hydrogen-bond acceptors (Lipinski definition) is 4. The van der Waals surface area contributed by atoms with E-state index in [1.165, 1.54) is 0 Å². The lowest BCUT2D eigenvalue weighted by Crippen LogP contribution is -2.47. The first-order valence-corrected chi connectivity index (χ1v) is 6.25. The van der Waals surface area contributed by atoms with Gasteiger partial charge in [0.15, 0.2) is 0 Å². The highest BCUT2D eigenvalue weighted by molar-refractivity contribution is 5.36. The molecule has 96 valence electrons.